The molecule has 2 aromatic carbocycles. The zero-order valence-electron chi connectivity index (χ0n) is 24.0. The van der Waals surface area contributed by atoms with Gasteiger partial charge in [-0.25, -0.2) is 21.9 Å². The second-order valence-corrected chi connectivity index (χ2v) is 15.3. The van der Waals surface area contributed by atoms with E-state index in [1.807, 2.05) is 20.8 Å². The Bertz CT molecular complexity index is 1490. The molecule has 12 heteroatoms. The summed E-state index contributed by atoms with van der Waals surface area (Å²) in [5, 5.41) is 17.3. The van der Waals surface area contributed by atoms with E-state index in [-0.39, 0.29) is 38.7 Å². The van der Waals surface area contributed by atoms with Gasteiger partial charge >= 0.3 is 0 Å². The molecule has 1 aliphatic carbocycles. The van der Waals surface area contributed by atoms with Crippen molar-refractivity contribution in [3.05, 3.63) is 69.2 Å². The van der Waals surface area contributed by atoms with Crippen LogP contribution in [0.1, 0.15) is 69.9 Å². The Morgan fingerprint density at radius 1 is 1.12 bits per heavy atom. The van der Waals surface area contributed by atoms with E-state index < -0.39 is 51.0 Å². The van der Waals surface area contributed by atoms with Gasteiger partial charge in [-0.05, 0) is 61.3 Å². The van der Waals surface area contributed by atoms with Gasteiger partial charge in [0.15, 0.2) is 0 Å². The van der Waals surface area contributed by atoms with E-state index in [0.717, 1.165) is 12.3 Å². The van der Waals surface area contributed by atoms with Crippen molar-refractivity contribution < 1.29 is 22.0 Å². The first-order valence-electron chi connectivity index (χ1n) is 13.9. The van der Waals surface area contributed by atoms with Crippen LogP contribution in [0.4, 0.5) is 8.78 Å². The summed E-state index contributed by atoms with van der Waals surface area (Å²) in [4.78, 5) is 14.0. The number of benzene rings is 2. The predicted molar refractivity (Wildman–Crippen MR) is 160 cm³/mol. The number of hydrogen-bond acceptors (Lipinski definition) is 5. The monoisotopic (exact) mass is 640 g/mol. The van der Waals surface area contributed by atoms with Gasteiger partial charge in [-0.15, -0.1) is 0 Å². The molecule has 1 saturated heterocycles. The molecule has 2 fully saturated rings. The van der Waals surface area contributed by atoms with Gasteiger partial charge < -0.3 is 10.6 Å². The summed E-state index contributed by atoms with van der Waals surface area (Å²) < 4.78 is 57.4. The van der Waals surface area contributed by atoms with Crippen molar-refractivity contribution in [2.45, 2.75) is 88.4 Å². The Kier molecular flexibility index (Phi) is 9.61. The van der Waals surface area contributed by atoms with Gasteiger partial charge in [-0.2, -0.15) is 5.26 Å². The number of nitrogens with zero attached hydrogens (tertiary/aromatic N) is 1. The Morgan fingerprint density at radius 3 is 2.33 bits per heavy atom. The summed E-state index contributed by atoms with van der Waals surface area (Å²) >= 11 is 12.3. The third kappa shape index (κ3) is 6.92. The molecule has 4 unspecified atom stereocenters. The maximum Gasteiger partial charge on any atom is 0.238 e. The molecule has 42 heavy (non-hydrogen) atoms. The smallest absolute Gasteiger partial charge is 0.238 e. The van der Waals surface area contributed by atoms with E-state index in [0.29, 0.717) is 32.1 Å². The number of rotatable bonds is 7. The Balaban J connectivity index is 1.78. The van der Waals surface area contributed by atoms with Crippen molar-refractivity contribution >= 4 is 39.1 Å². The molecule has 2 aromatic rings. The Labute approximate surface area is 256 Å². The fourth-order valence-corrected chi connectivity index (χ4v) is 7.69. The highest BCUT2D eigenvalue weighted by molar-refractivity contribution is 7.88. The van der Waals surface area contributed by atoms with Crippen molar-refractivity contribution in [3.63, 3.8) is 0 Å². The number of nitrogens with one attached hydrogen (secondary N) is 3. The maximum atomic E-state index is 15.8. The van der Waals surface area contributed by atoms with E-state index in [1.165, 1.54) is 24.3 Å². The quantitative estimate of drug-likeness (QED) is 0.366. The minimum atomic E-state index is -3.36. The van der Waals surface area contributed by atoms with E-state index in [2.05, 4.69) is 21.4 Å². The summed E-state index contributed by atoms with van der Waals surface area (Å²) in [6.45, 7) is 5.92. The lowest BCUT2D eigenvalue weighted by Crippen LogP contribution is -2.50. The highest BCUT2D eigenvalue weighted by Gasteiger charge is 2.61. The van der Waals surface area contributed by atoms with E-state index in [9.17, 15) is 18.5 Å². The van der Waals surface area contributed by atoms with Gasteiger partial charge in [0, 0.05) is 34.6 Å². The molecule has 2 aliphatic rings. The lowest BCUT2D eigenvalue weighted by Gasteiger charge is -2.37. The van der Waals surface area contributed by atoms with Crippen LogP contribution in [0.3, 0.4) is 0 Å². The van der Waals surface area contributed by atoms with Crippen molar-refractivity contribution in [1.82, 2.24) is 15.4 Å². The molecule has 7 nitrogen and oxygen atoms in total. The number of amides is 1. The van der Waals surface area contributed by atoms with Gasteiger partial charge in [0.05, 0.1) is 23.4 Å². The number of sulfonamides is 1. The topological polar surface area (TPSA) is 111 Å². The largest absolute Gasteiger partial charge is 0.352 e. The van der Waals surface area contributed by atoms with Gasteiger partial charge in [0.1, 0.15) is 17.0 Å². The van der Waals surface area contributed by atoms with Gasteiger partial charge in [-0.1, -0.05) is 62.2 Å². The lowest BCUT2D eigenvalue weighted by atomic mass is 9.62. The van der Waals surface area contributed by atoms with Crippen LogP contribution in [0.15, 0.2) is 36.4 Å². The fourth-order valence-electron chi connectivity index (χ4n) is 6.51. The normalized spacial score (nSPS) is 28.3. The first-order chi connectivity index (χ1) is 19.6. The molecule has 3 N–H and O–H groups in total. The molecule has 4 atom stereocenters. The Morgan fingerprint density at radius 2 is 1.76 bits per heavy atom. The summed E-state index contributed by atoms with van der Waals surface area (Å²) in [6.07, 6.45) is 3.61. The average Bonchev–Trinajstić information content (AvgIpc) is 3.19. The second kappa shape index (κ2) is 12.4. The second-order valence-electron chi connectivity index (χ2n) is 12.6. The van der Waals surface area contributed by atoms with Crippen LogP contribution in [-0.2, 0) is 20.2 Å². The molecule has 228 valence electrons. The molecule has 1 amide bonds. The van der Waals surface area contributed by atoms with Crippen molar-refractivity contribution in [2.75, 3.05) is 6.26 Å². The molecule has 0 bridgehead atoms. The number of halogens is 4. The number of carbonyl (C=O) groups excluding carboxylic acids is 1. The summed E-state index contributed by atoms with van der Waals surface area (Å²) in [5.41, 5.74) is -2.00. The molecule has 4 rings (SSSR count). The molecular weight excluding hydrogens is 605 g/mol. The van der Waals surface area contributed by atoms with Crippen molar-refractivity contribution in [2.24, 2.45) is 5.41 Å². The van der Waals surface area contributed by atoms with Crippen LogP contribution < -0.4 is 15.4 Å². The van der Waals surface area contributed by atoms with Crippen LogP contribution in [0.2, 0.25) is 10.0 Å². The molecule has 1 heterocycles. The zero-order valence-corrected chi connectivity index (χ0v) is 26.3. The summed E-state index contributed by atoms with van der Waals surface area (Å²) in [7, 11) is -3.36. The summed E-state index contributed by atoms with van der Waals surface area (Å²) in [5.74, 6) is -3.10. The number of nitriles is 1. The van der Waals surface area contributed by atoms with Crippen LogP contribution in [0.5, 0.6) is 0 Å². The van der Waals surface area contributed by atoms with Crippen LogP contribution >= 0.6 is 23.2 Å². The minimum absolute atomic E-state index is 0.0168. The molecular formula is C30H36Cl2F2N4O3S. The molecule has 1 aliphatic heterocycles. The van der Waals surface area contributed by atoms with Crippen LogP contribution in [-0.4, -0.2) is 44.7 Å². The van der Waals surface area contributed by atoms with Gasteiger partial charge in [0.2, 0.25) is 15.9 Å². The zero-order chi connectivity index (χ0) is 31.0. The molecule has 1 saturated carbocycles. The predicted octanol–water partition coefficient (Wildman–Crippen LogP) is 5.57. The fraction of sp³-hybridized carbons (Fsp3) is 0.533. The summed E-state index contributed by atoms with van der Waals surface area (Å²) in [6, 6.07) is 8.45. The standard InChI is InChI=1S/C30H36Cl2F2N4O3S/c1-29(2,3)15-24-30(16-35,21-13-8-17(31)14-23(21)33)25(20-6-5-7-22(32)26(20)34)27(37-24)28(39)36-18-9-11-19(12-10-18)38-42(4,40)41/h5-8,13-14,18-19,24-25,27,37-38H,9-12,15H2,1-4H3,(H,36,39). The number of carbonyl (C=O) groups is 1. The first-order valence-corrected chi connectivity index (χ1v) is 16.5. The van der Waals surface area contributed by atoms with Crippen LogP contribution in [0.25, 0.3) is 0 Å². The Hall–Kier alpha value is -2.29. The molecule has 0 spiro atoms. The highest BCUT2D eigenvalue weighted by Crippen LogP contribution is 2.52. The minimum Gasteiger partial charge on any atom is -0.352 e. The SMILES string of the molecule is CC(C)(C)CC1NC(C(=O)NC2CCC(NS(C)(=O)=O)CC2)C(c2cccc(Cl)c2F)C1(C#N)c1ccc(Cl)cc1F. The van der Waals surface area contributed by atoms with E-state index >= 15 is 8.78 Å². The van der Waals surface area contributed by atoms with Crippen molar-refractivity contribution in [1.29, 1.82) is 5.26 Å². The van der Waals surface area contributed by atoms with E-state index in [4.69, 9.17) is 23.2 Å². The third-order valence-corrected chi connectivity index (χ3v) is 9.47. The number of hydrogen-bond donors (Lipinski definition) is 3. The lowest BCUT2D eigenvalue weighted by molar-refractivity contribution is -0.124. The third-order valence-electron chi connectivity index (χ3n) is 8.19. The molecule has 0 radical (unpaired) electrons. The van der Waals surface area contributed by atoms with Crippen LogP contribution in [0, 0.1) is 28.4 Å². The average molecular weight is 642 g/mol. The van der Waals surface area contributed by atoms with Gasteiger partial charge in [-0.3, -0.25) is 4.79 Å². The maximum absolute atomic E-state index is 15.8. The van der Waals surface area contributed by atoms with E-state index in [1.54, 1.807) is 6.07 Å². The first kappa shape index (κ1) is 32.6. The van der Waals surface area contributed by atoms with Crippen molar-refractivity contribution in [3.8, 4) is 6.07 Å². The highest BCUT2D eigenvalue weighted by atomic mass is 35.5. The van der Waals surface area contributed by atoms with Gasteiger partial charge in [0.25, 0.3) is 0 Å². The molecule has 0 aromatic heterocycles.